The molecule has 1 aromatic rings. The molecule has 3 nitrogen and oxygen atoms in total. The van der Waals surface area contributed by atoms with Gasteiger partial charge in [0, 0.05) is 24.9 Å². The fourth-order valence-electron chi connectivity index (χ4n) is 2.63. The van der Waals surface area contributed by atoms with E-state index in [2.05, 4.69) is 30.4 Å². The van der Waals surface area contributed by atoms with E-state index in [1.807, 2.05) is 6.07 Å². The number of carbonyl (C=O) groups is 1. The Labute approximate surface area is 102 Å². The molecular formula is C14H20N2O. The maximum absolute atomic E-state index is 11.7. The Balaban J connectivity index is 2.38. The molecule has 1 aliphatic heterocycles. The molecule has 0 bridgehead atoms. The maximum atomic E-state index is 11.7. The van der Waals surface area contributed by atoms with Crippen LogP contribution in [-0.4, -0.2) is 19.0 Å². The van der Waals surface area contributed by atoms with E-state index < -0.39 is 0 Å². The lowest BCUT2D eigenvalue weighted by molar-refractivity contribution is -0.121. The molecule has 0 spiro atoms. The van der Waals surface area contributed by atoms with Gasteiger partial charge in [0.1, 0.15) is 0 Å². The van der Waals surface area contributed by atoms with Crippen molar-refractivity contribution >= 4 is 5.91 Å². The normalized spacial score (nSPS) is 25.2. The minimum Gasteiger partial charge on any atom is -0.356 e. The molecule has 1 aromatic carbocycles. The number of carbonyl (C=O) groups excluding carboxylic acids is 1. The second-order valence-corrected chi connectivity index (χ2v) is 4.98. The lowest BCUT2D eigenvalue weighted by Gasteiger charge is -2.31. The van der Waals surface area contributed by atoms with Gasteiger partial charge in [-0.25, -0.2) is 0 Å². The molecule has 0 radical (unpaired) electrons. The van der Waals surface area contributed by atoms with Gasteiger partial charge in [0.15, 0.2) is 0 Å². The molecule has 2 rings (SSSR count). The number of aryl methyl sites for hydroxylation is 1. The first-order valence-corrected chi connectivity index (χ1v) is 6.20. The highest BCUT2D eigenvalue weighted by atomic mass is 16.1. The van der Waals surface area contributed by atoms with Crippen molar-refractivity contribution in [3.8, 4) is 0 Å². The molecule has 0 aromatic heterocycles. The quantitative estimate of drug-likeness (QED) is 0.811. The summed E-state index contributed by atoms with van der Waals surface area (Å²) in [5.41, 5.74) is 8.23. The predicted octanol–water partition coefficient (Wildman–Crippen LogP) is 1.49. The molecule has 92 valence electrons. The summed E-state index contributed by atoms with van der Waals surface area (Å²) in [7, 11) is 0. The highest BCUT2D eigenvalue weighted by molar-refractivity contribution is 5.78. The van der Waals surface area contributed by atoms with Crippen LogP contribution in [0, 0.1) is 6.92 Å². The van der Waals surface area contributed by atoms with Crippen molar-refractivity contribution in [2.45, 2.75) is 31.6 Å². The van der Waals surface area contributed by atoms with Gasteiger partial charge in [-0.2, -0.15) is 0 Å². The van der Waals surface area contributed by atoms with Crippen molar-refractivity contribution in [3.05, 3.63) is 35.4 Å². The lowest BCUT2D eigenvalue weighted by Crippen LogP contribution is -2.38. The van der Waals surface area contributed by atoms with Crippen LogP contribution in [0.1, 0.15) is 30.4 Å². The van der Waals surface area contributed by atoms with E-state index in [1.165, 1.54) is 11.1 Å². The molecule has 0 saturated carbocycles. The van der Waals surface area contributed by atoms with E-state index in [0.29, 0.717) is 13.0 Å². The van der Waals surface area contributed by atoms with Crippen molar-refractivity contribution < 1.29 is 4.79 Å². The Morgan fingerprint density at radius 1 is 1.47 bits per heavy atom. The maximum Gasteiger partial charge on any atom is 0.220 e. The Morgan fingerprint density at radius 3 is 3.00 bits per heavy atom. The van der Waals surface area contributed by atoms with Gasteiger partial charge >= 0.3 is 0 Å². The Kier molecular flexibility index (Phi) is 3.48. The summed E-state index contributed by atoms with van der Waals surface area (Å²) in [5, 5.41) is 2.92. The summed E-state index contributed by atoms with van der Waals surface area (Å²) in [4.78, 5) is 11.7. The Bertz CT molecular complexity index is 416. The van der Waals surface area contributed by atoms with Gasteiger partial charge in [-0.05, 0) is 25.3 Å². The van der Waals surface area contributed by atoms with E-state index in [9.17, 15) is 4.79 Å². The number of rotatable bonds is 2. The second-order valence-electron chi connectivity index (χ2n) is 4.98. The number of nitrogens with two attached hydrogens (primary N) is 1. The van der Waals surface area contributed by atoms with Crippen LogP contribution in [0.3, 0.4) is 0 Å². The largest absolute Gasteiger partial charge is 0.356 e. The standard InChI is InChI=1S/C14H20N2O/c1-11-4-2-5-12(8-11)14(10-15)6-3-7-16-13(17)9-14/h2,4-5,8H,3,6-7,9-10,15H2,1H3,(H,16,17). The number of hydrogen-bond donors (Lipinski definition) is 2. The molecule has 3 N–H and O–H groups in total. The van der Waals surface area contributed by atoms with Gasteiger partial charge in [-0.3, -0.25) is 4.79 Å². The van der Waals surface area contributed by atoms with Gasteiger partial charge in [0.25, 0.3) is 0 Å². The molecule has 1 atom stereocenters. The minimum atomic E-state index is -0.174. The summed E-state index contributed by atoms with van der Waals surface area (Å²) in [6.07, 6.45) is 2.48. The zero-order chi connectivity index (χ0) is 12.3. The van der Waals surface area contributed by atoms with Gasteiger partial charge in [-0.1, -0.05) is 29.8 Å². The average Bonchev–Trinajstić information content (AvgIpc) is 2.52. The number of nitrogens with one attached hydrogen (secondary N) is 1. The summed E-state index contributed by atoms with van der Waals surface area (Å²) in [6.45, 7) is 3.38. The average molecular weight is 232 g/mol. The first kappa shape index (κ1) is 12.1. The van der Waals surface area contributed by atoms with Crippen LogP contribution in [0.25, 0.3) is 0 Å². The highest BCUT2D eigenvalue weighted by Crippen LogP contribution is 2.33. The van der Waals surface area contributed by atoms with Crippen LogP contribution in [0.5, 0.6) is 0 Å². The number of amides is 1. The van der Waals surface area contributed by atoms with E-state index >= 15 is 0 Å². The molecular weight excluding hydrogens is 212 g/mol. The molecule has 1 aliphatic rings. The summed E-state index contributed by atoms with van der Waals surface area (Å²) in [5.74, 6) is 0.120. The zero-order valence-electron chi connectivity index (χ0n) is 10.3. The Morgan fingerprint density at radius 2 is 2.29 bits per heavy atom. The van der Waals surface area contributed by atoms with E-state index in [4.69, 9.17) is 5.73 Å². The number of benzene rings is 1. The van der Waals surface area contributed by atoms with Gasteiger partial charge < -0.3 is 11.1 Å². The molecule has 1 unspecified atom stereocenters. The first-order valence-electron chi connectivity index (χ1n) is 6.20. The molecule has 1 amide bonds. The van der Waals surface area contributed by atoms with E-state index in [-0.39, 0.29) is 11.3 Å². The summed E-state index contributed by atoms with van der Waals surface area (Å²) < 4.78 is 0. The highest BCUT2D eigenvalue weighted by Gasteiger charge is 2.34. The summed E-state index contributed by atoms with van der Waals surface area (Å²) in [6, 6.07) is 8.37. The second kappa shape index (κ2) is 4.88. The van der Waals surface area contributed by atoms with Crippen LogP contribution in [-0.2, 0) is 10.2 Å². The van der Waals surface area contributed by atoms with Gasteiger partial charge in [-0.15, -0.1) is 0 Å². The van der Waals surface area contributed by atoms with Gasteiger partial charge in [0.05, 0.1) is 0 Å². The van der Waals surface area contributed by atoms with Crippen LogP contribution in [0.2, 0.25) is 0 Å². The van der Waals surface area contributed by atoms with Crippen molar-refractivity contribution in [1.82, 2.24) is 5.32 Å². The fourth-order valence-corrected chi connectivity index (χ4v) is 2.63. The molecule has 0 aliphatic carbocycles. The number of hydrogen-bond acceptors (Lipinski definition) is 2. The Hall–Kier alpha value is -1.35. The lowest BCUT2D eigenvalue weighted by atomic mass is 9.74. The fraction of sp³-hybridized carbons (Fsp3) is 0.500. The van der Waals surface area contributed by atoms with E-state index in [1.54, 1.807) is 0 Å². The first-order chi connectivity index (χ1) is 8.16. The molecule has 3 heteroatoms. The third-order valence-corrected chi connectivity index (χ3v) is 3.67. The molecule has 1 heterocycles. The SMILES string of the molecule is Cc1cccc(C2(CN)CCCNC(=O)C2)c1. The monoisotopic (exact) mass is 232 g/mol. The molecule has 1 fully saturated rings. The summed E-state index contributed by atoms with van der Waals surface area (Å²) >= 11 is 0. The third kappa shape index (κ3) is 2.50. The van der Waals surface area contributed by atoms with Crippen molar-refractivity contribution in [1.29, 1.82) is 0 Å². The zero-order valence-corrected chi connectivity index (χ0v) is 10.3. The topological polar surface area (TPSA) is 55.1 Å². The van der Waals surface area contributed by atoms with Gasteiger partial charge in [0.2, 0.25) is 5.91 Å². The van der Waals surface area contributed by atoms with Crippen molar-refractivity contribution in [3.63, 3.8) is 0 Å². The van der Waals surface area contributed by atoms with Crippen LogP contribution >= 0.6 is 0 Å². The van der Waals surface area contributed by atoms with Crippen molar-refractivity contribution in [2.75, 3.05) is 13.1 Å². The van der Waals surface area contributed by atoms with Crippen LogP contribution < -0.4 is 11.1 Å². The molecule has 1 saturated heterocycles. The third-order valence-electron chi connectivity index (χ3n) is 3.67. The predicted molar refractivity (Wildman–Crippen MR) is 68.8 cm³/mol. The minimum absolute atomic E-state index is 0.120. The van der Waals surface area contributed by atoms with Crippen LogP contribution in [0.4, 0.5) is 0 Å². The van der Waals surface area contributed by atoms with E-state index in [0.717, 1.165) is 19.4 Å². The van der Waals surface area contributed by atoms with Crippen molar-refractivity contribution in [2.24, 2.45) is 5.73 Å². The smallest absolute Gasteiger partial charge is 0.220 e. The van der Waals surface area contributed by atoms with Crippen LogP contribution in [0.15, 0.2) is 24.3 Å². The molecule has 17 heavy (non-hydrogen) atoms.